The molecule has 0 aliphatic carbocycles. The minimum Gasteiger partial charge on any atom is -0.444 e. The Balaban J connectivity index is 2.35. The highest BCUT2D eigenvalue weighted by Crippen LogP contribution is 2.36. The Labute approximate surface area is 138 Å². The third-order valence-corrected chi connectivity index (χ3v) is 3.40. The van der Waals surface area contributed by atoms with Gasteiger partial charge in [0, 0.05) is 6.54 Å². The third kappa shape index (κ3) is 3.88. The molecule has 4 nitrogen and oxygen atoms in total. The van der Waals surface area contributed by atoms with Crippen LogP contribution in [0.3, 0.4) is 0 Å². The van der Waals surface area contributed by atoms with Crippen LogP contribution in [0, 0.1) is 11.3 Å². The van der Waals surface area contributed by atoms with Gasteiger partial charge in [0.1, 0.15) is 5.60 Å². The number of hydrogen-bond acceptors (Lipinski definition) is 3. The summed E-state index contributed by atoms with van der Waals surface area (Å²) in [6, 6.07) is 4.34. The molecule has 1 aromatic rings. The van der Waals surface area contributed by atoms with Crippen molar-refractivity contribution in [2.75, 3.05) is 6.54 Å². The summed E-state index contributed by atoms with van der Waals surface area (Å²) in [5.41, 5.74) is -1.88. The number of alkyl halides is 3. The van der Waals surface area contributed by atoms with E-state index in [1.807, 2.05) is 0 Å². The highest BCUT2D eigenvalue weighted by molar-refractivity contribution is 5.70. The fraction of sp³-hybridized carbons (Fsp3) is 0.412. The van der Waals surface area contributed by atoms with Crippen molar-refractivity contribution in [3.05, 3.63) is 47.0 Å². The van der Waals surface area contributed by atoms with Gasteiger partial charge in [-0.15, -0.1) is 0 Å². The molecule has 0 aromatic heterocycles. The van der Waals surface area contributed by atoms with Crippen molar-refractivity contribution in [1.82, 2.24) is 4.90 Å². The second-order valence-corrected chi connectivity index (χ2v) is 6.42. The van der Waals surface area contributed by atoms with E-state index in [1.54, 1.807) is 39.0 Å². The van der Waals surface area contributed by atoms with E-state index in [0.29, 0.717) is 0 Å². The van der Waals surface area contributed by atoms with E-state index in [4.69, 9.17) is 10.00 Å². The maximum Gasteiger partial charge on any atom is 0.417 e. The molecule has 1 aromatic carbocycles. The minimum absolute atomic E-state index is 0.251. The lowest BCUT2D eigenvalue weighted by atomic mass is 9.99. The Morgan fingerprint density at radius 1 is 1.33 bits per heavy atom. The van der Waals surface area contributed by atoms with E-state index in [9.17, 15) is 18.0 Å². The van der Waals surface area contributed by atoms with E-state index in [-0.39, 0.29) is 12.1 Å². The summed E-state index contributed by atoms with van der Waals surface area (Å²) in [6.07, 6.45) is -1.90. The van der Waals surface area contributed by atoms with Crippen LogP contribution in [-0.2, 0) is 10.9 Å². The van der Waals surface area contributed by atoms with Gasteiger partial charge < -0.3 is 4.74 Å². The molecule has 7 heteroatoms. The second kappa shape index (κ2) is 6.19. The number of nitriles is 1. The first kappa shape index (κ1) is 17.9. The first-order valence-corrected chi connectivity index (χ1v) is 7.30. The Kier molecular flexibility index (Phi) is 4.61. The Hall–Kier alpha value is -2.49. The van der Waals surface area contributed by atoms with Crippen molar-refractivity contribution in [2.45, 2.75) is 38.6 Å². The van der Waals surface area contributed by atoms with Gasteiger partial charge >= 0.3 is 12.3 Å². The molecule has 1 unspecified atom stereocenters. The van der Waals surface area contributed by atoms with Crippen molar-refractivity contribution in [3.63, 3.8) is 0 Å². The van der Waals surface area contributed by atoms with Gasteiger partial charge in [0.25, 0.3) is 0 Å². The molecular formula is C17H17F3N2O2. The fourth-order valence-electron chi connectivity index (χ4n) is 2.40. The molecule has 0 saturated carbocycles. The van der Waals surface area contributed by atoms with Crippen LogP contribution in [0.25, 0.3) is 0 Å². The highest BCUT2D eigenvalue weighted by Gasteiger charge is 2.36. The van der Waals surface area contributed by atoms with Crippen LogP contribution in [0.15, 0.2) is 30.4 Å². The predicted molar refractivity (Wildman–Crippen MR) is 81.0 cm³/mol. The third-order valence-electron chi connectivity index (χ3n) is 3.40. The van der Waals surface area contributed by atoms with Gasteiger partial charge in [-0.05, 0) is 38.5 Å². The molecule has 0 spiro atoms. The summed E-state index contributed by atoms with van der Waals surface area (Å²) < 4.78 is 44.6. The summed E-state index contributed by atoms with van der Waals surface area (Å²) in [5, 5.41) is 8.86. The zero-order valence-corrected chi connectivity index (χ0v) is 13.5. The molecule has 0 N–H and O–H groups in total. The van der Waals surface area contributed by atoms with Crippen LogP contribution in [0.1, 0.15) is 43.5 Å². The lowest BCUT2D eigenvalue weighted by Gasteiger charge is -2.29. The van der Waals surface area contributed by atoms with E-state index in [2.05, 4.69) is 0 Å². The fourth-order valence-corrected chi connectivity index (χ4v) is 2.40. The smallest absolute Gasteiger partial charge is 0.417 e. The number of nitrogens with zero attached hydrogens (tertiary/aromatic N) is 2. The molecule has 1 amide bonds. The van der Waals surface area contributed by atoms with Gasteiger partial charge in [-0.1, -0.05) is 18.2 Å². The molecule has 0 fully saturated rings. The molecule has 1 aliphatic rings. The van der Waals surface area contributed by atoms with Crippen molar-refractivity contribution in [3.8, 4) is 6.07 Å². The molecule has 0 bridgehead atoms. The molecule has 2 rings (SSSR count). The van der Waals surface area contributed by atoms with E-state index in [1.165, 1.54) is 11.0 Å². The van der Waals surface area contributed by atoms with Crippen LogP contribution in [0.2, 0.25) is 0 Å². The van der Waals surface area contributed by atoms with Gasteiger partial charge in [0.15, 0.2) is 0 Å². The summed E-state index contributed by atoms with van der Waals surface area (Å²) in [7, 11) is 0. The van der Waals surface area contributed by atoms with Crippen LogP contribution < -0.4 is 0 Å². The number of halogens is 3. The first-order chi connectivity index (χ1) is 11.0. The molecule has 1 aliphatic heterocycles. The molecule has 0 saturated heterocycles. The van der Waals surface area contributed by atoms with Gasteiger partial charge in [0.2, 0.25) is 0 Å². The topological polar surface area (TPSA) is 53.3 Å². The van der Waals surface area contributed by atoms with E-state index < -0.39 is 35.0 Å². The standard InChI is InChI=1S/C17H17F3N2O2/c1-16(2,3)24-15(23)22-8-4-5-14(22)11-6-7-12(10-21)13(9-11)17(18,19)20/h4-7,9,14H,8H2,1-3H3. The zero-order chi connectivity index (χ0) is 18.1. The molecule has 0 radical (unpaired) electrons. The minimum atomic E-state index is -4.64. The monoisotopic (exact) mass is 338 g/mol. The lowest BCUT2D eigenvalue weighted by molar-refractivity contribution is -0.137. The molecule has 1 atom stereocenters. The number of ether oxygens (including phenoxy) is 1. The Morgan fingerprint density at radius 3 is 2.54 bits per heavy atom. The maximum absolute atomic E-state index is 13.1. The quantitative estimate of drug-likeness (QED) is 0.712. The van der Waals surface area contributed by atoms with Crippen LogP contribution >= 0.6 is 0 Å². The van der Waals surface area contributed by atoms with E-state index in [0.717, 1.165) is 12.1 Å². The number of benzene rings is 1. The van der Waals surface area contributed by atoms with Crippen molar-refractivity contribution >= 4 is 6.09 Å². The molecule has 1 heterocycles. The molecule has 24 heavy (non-hydrogen) atoms. The van der Waals surface area contributed by atoms with Crippen molar-refractivity contribution in [1.29, 1.82) is 5.26 Å². The Morgan fingerprint density at radius 2 is 2.00 bits per heavy atom. The number of rotatable bonds is 1. The maximum atomic E-state index is 13.1. The summed E-state index contributed by atoms with van der Waals surface area (Å²) >= 11 is 0. The SMILES string of the molecule is CC(C)(C)OC(=O)N1CC=CC1c1ccc(C#N)c(C(F)(F)F)c1. The van der Waals surface area contributed by atoms with Gasteiger partial charge in [-0.25, -0.2) is 4.79 Å². The largest absolute Gasteiger partial charge is 0.444 e. The normalized spacial score (nSPS) is 17.7. The average molecular weight is 338 g/mol. The molecule has 128 valence electrons. The van der Waals surface area contributed by atoms with Crippen LogP contribution in [-0.4, -0.2) is 23.1 Å². The highest BCUT2D eigenvalue weighted by atomic mass is 19.4. The molecular weight excluding hydrogens is 321 g/mol. The van der Waals surface area contributed by atoms with Gasteiger partial charge in [0.05, 0.1) is 23.2 Å². The summed E-state index contributed by atoms with van der Waals surface area (Å²) in [5.74, 6) is 0. The second-order valence-electron chi connectivity index (χ2n) is 6.42. The first-order valence-electron chi connectivity index (χ1n) is 7.30. The summed E-state index contributed by atoms with van der Waals surface area (Å²) in [6.45, 7) is 5.40. The zero-order valence-electron chi connectivity index (χ0n) is 13.5. The number of carbonyl (C=O) groups excluding carboxylic acids is 1. The van der Waals surface area contributed by atoms with Crippen LogP contribution in [0.5, 0.6) is 0 Å². The summed E-state index contributed by atoms with van der Waals surface area (Å²) in [4.78, 5) is 13.6. The number of carbonyl (C=O) groups is 1. The Bertz CT molecular complexity index is 712. The van der Waals surface area contributed by atoms with Crippen molar-refractivity contribution < 1.29 is 22.7 Å². The lowest BCUT2D eigenvalue weighted by Crippen LogP contribution is -2.36. The van der Waals surface area contributed by atoms with Gasteiger partial charge in [-0.3, -0.25) is 4.90 Å². The van der Waals surface area contributed by atoms with Crippen LogP contribution in [0.4, 0.5) is 18.0 Å². The van der Waals surface area contributed by atoms with E-state index >= 15 is 0 Å². The average Bonchev–Trinajstić information content (AvgIpc) is 2.93. The number of hydrogen-bond donors (Lipinski definition) is 0. The number of amides is 1. The van der Waals surface area contributed by atoms with Gasteiger partial charge in [-0.2, -0.15) is 18.4 Å². The predicted octanol–water partition coefficient (Wildman–Crippen LogP) is 4.43. The van der Waals surface area contributed by atoms with Crippen molar-refractivity contribution in [2.24, 2.45) is 0 Å².